The largest absolute Gasteiger partial charge is 0.246 e. The summed E-state index contributed by atoms with van der Waals surface area (Å²) in [7, 11) is 0. The van der Waals surface area contributed by atoms with E-state index in [0.29, 0.717) is 5.82 Å². The molecule has 4 heteroatoms. The Morgan fingerprint density at radius 2 is 0.933 bits per heavy atom. The van der Waals surface area contributed by atoms with Gasteiger partial charge in [0.2, 0.25) is 0 Å². The fourth-order valence-electron chi connectivity index (χ4n) is 7.91. The first-order valence-electron chi connectivity index (χ1n) is 20.1. The highest BCUT2D eigenvalue weighted by Gasteiger charge is 2.17. The second-order valence-electron chi connectivity index (χ2n) is 14.8. The van der Waals surface area contributed by atoms with Gasteiger partial charge in [0, 0.05) is 42.8 Å². The van der Waals surface area contributed by atoms with Crippen molar-refractivity contribution >= 4 is 45.0 Å². The predicted molar refractivity (Wildman–Crippen MR) is 255 cm³/mol. The van der Waals surface area contributed by atoms with E-state index in [9.17, 15) is 0 Å². The quantitative estimate of drug-likeness (QED) is 0.154. The molecule has 3 aromatic heterocycles. The molecule has 0 N–H and O–H groups in total. The Balaban J connectivity index is 1.07. The van der Waals surface area contributed by atoms with Crippen LogP contribution in [0.2, 0.25) is 0 Å². The summed E-state index contributed by atoms with van der Waals surface area (Å²) < 4.78 is 2.14. The first-order chi connectivity index (χ1) is 29.6. The van der Waals surface area contributed by atoms with Gasteiger partial charge in [-0.3, -0.25) is 0 Å². The molecular formula is C56H39N3S. The fourth-order valence-corrected chi connectivity index (χ4v) is 9.01. The standard InChI is InChI=1S/C56H39N3S/c1-3-4-23-48-37(2)60-55-53(48)49-35-47(46-22-14-21-45(34-46)39-17-10-6-11-18-39)32-33-50(49)57-54(55)43-30-28-42(29-31-43)52-36-51(58-56(59-52)44-19-12-7-13-20-44)41-26-24-40(25-27-41)38-15-8-5-9-16-38/h3-36H,2H2,1H3/b4-3-,48-23+. The van der Waals surface area contributed by atoms with Crippen molar-refractivity contribution in [3.63, 3.8) is 0 Å². The third kappa shape index (κ3) is 7.15. The number of aromatic nitrogens is 3. The molecule has 0 bridgehead atoms. The molecule has 0 spiro atoms. The maximum Gasteiger partial charge on any atom is 0.160 e. The van der Waals surface area contributed by atoms with Crippen molar-refractivity contribution < 1.29 is 0 Å². The first-order valence-corrected chi connectivity index (χ1v) is 21.0. The summed E-state index contributed by atoms with van der Waals surface area (Å²) in [6, 6.07) is 66.0. The van der Waals surface area contributed by atoms with Crippen LogP contribution >= 0.6 is 11.3 Å². The molecule has 60 heavy (non-hydrogen) atoms. The van der Waals surface area contributed by atoms with Crippen molar-refractivity contribution in [2.24, 2.45) is 0 Å². The number of fused-ring (bicyclic) bond motifs is 3. The topological polar surface area (TPSA) is 38.7 Å². The van der Waals surface area contributed by atoms with E-state index in [-0.39, 0.29) is 0 Å². The van der Waals surface area contributed by atoms with Gasteiger partial charge in [0.05, 0.1) is 27.3 Å². The zero-order valence-corrected chi connectivity index (χ0v) is 33.9. The molecule has 0 unspecified atom stereocenters. The van der Waals surface area contributed by atoms with Crippen molar-refractivity contribution in [3.8, 4) is 78.5 Å². The maximum atomic E-state index is 5.37. The fraction of sp³-hybridized carbons (Fsp3) is 0.0179. The lowest BCUT2D eigenvalue weighted by molar-refractivity contribution is 1.18. The molecule has 0 aliphatic carbocycles. The molecular weight excluding hydrogens is 747 g/mol. The van der Waals surface area contributed by atoms with E-state index >= 15 is 0 Å². The van der Waals surface area contributed by atoms with Crippen LogP contribution in [-0.4, -0.2) is 15.0 Å². The van der Waals surface area contributed by atoms with Gasteiger partial charge in [0.15, 0.2) is 5.82 Å². The molecule has 0 fully saturated rings. The molecule has 7 aromatic carbocycles. The molecule has 10 rings (SSSR count). The molecule has 284 valence electrons. The average molecular weight is 786 g/mol. The lowest BCUT2D eigenvalue weighted by Crippen LogP contribution is -2.16. The third-order valence-electron chi connectivity index (χ3n) is 11.0. The van der Waals surface area contributed by atoms with Gasteiger partial charge in [0.25, 0.3) is 0 Å². The second kappa shape index (κ2) is 16.0. The van der Waals surface area contributed by atoms with Crippen LogP contribution in [0.3, 0.4) is 0 Å². The highest BCUT2D eigenvalue weighted by molar-refractivity contribution is 7.17. The number of nitrogens with zero attached hydrogens (tertiary/aromatic N) is 3. The van der Waals surface area contributed by atoms with Gasteiger partial charge in [-0.1, -0.05) is 189 Å². The lowest BCUT2D eigenvalue weighted by Gasteiger charge is -2.12. The van der Waals surface area contributed by atoms with E-state index in [1.807, 2.05) is 31.2 Å². The Hall–Kier alpha value is -7.53. The molecule has 0 saturated carbocycles. The van der Waals surface area contributed by atoms with Crippen molar-refractivity contribution in [2.45, 2.75) is 6.92 Å². The average Bonchev–Trinajstić information content (AvgIpc) is 3.66. The van der Waals surface area contributed by atoms with Crippen LogP contribution in [0.5, 0.6) is 0 Å². The van der Waals surface area contributed by atoms with Crippen LogP contribution in [0, 0.1) is 0 Å². The van der Waals surface area contributed by atoms with E-state index in [0.717, 1.165) is 70.3 Å². The van der Waals surface area contributed by atoms with E-state index in [2.05, 4.69) is 189 Å². The van der Waals surface area contributed by atoms with Crippen molar-refractivity contribution in [2.75, 3.05) is 0 Å². The first kappa shape index (κ1) is 36.8. The Morgan fingerprint density at radius 1 is 0.450 bits per heavy atom. The smallest absolute Gasteiger partial charge is 0.160 e. The minimum absolute atomic E-state index is 0.690. The van der Waals surface area contributed by atoms with Crippen LogP contribution < -0.4 is 9.75 Å². The van der Waals surface area contributed by atoms with Crippen molar-refractivity contribution in [1.82, 2.24) is 15.0 Å². The van der Waals surface area contributed by atoms with E-state index < -0.39 is 0 Å². The van der Waals surface area contributed by atoms with Gasteiger partial charge in [0.1, 0.15) is 0 Å². The molecule has 0 aliphatic rings. The zero-order valence-electron chi connectivity index (χ0n) is 33.1. The number of pyridine rings is 1. The van der Waals surface area contributed by atoms with Crippen molar-refractivity contribution in [3.05, 3.63) is 210 Å². The summed E-state index contributed by atoms with van der Waals surface area (Å²) in [5.41, 5.74) is 14.8. The van der Waals surface area contributed by atoms with Crippen molar-refractivity contribution in [1.29, 1.82) is 0 Å². The predicted octanol–water partition coefficient (Wildman–Crippen LogP) is 13.7. The summed E-state index contributed by atoms with van der Waals surface area (Å²) in [5, 5.41) is 3.43. The number of thiophene rings is 1. The molecule has 0 saturated heterocycles. The van der Waals surface area contributed by atoms with Gasteiger partial charge in [-0.25, -0.2) is 15.0 Å². The summed E-state index contributed by atoms with van der Waals surface area (Å²) in [5.74, 6) is 0.690. The number of hydrogen-bond donors (Lipinski definition) is 0. The Morgan fingerprint density at radius 3 is 1.55 bits per heavy atom. The number of benzene rings is 7. The summed E-state index contributed by atoms with van der Waals surface area (Å²) >= 11 is 1.71. The molecule has 3 heterocycles. The minimum atomic E-state index is 0.690. The molecule has 0 radical (unpaired) electrons. The van der Waals surface area contributed by atoms with Gasteiger partial charge in [-0.05, 0) is 64.6 Å². The van der Waals surface area contributed by atoms with E-state index in [1.54, 1.807) is 11.3 Å². The monoisotopic (exact) mass is 785 g/mol. The number of hydrogen-bond acceptors (Lipinski definition) is 4. The van der Waals surface area contributed by atoms with Gasteiger partial charge in [-0.15, -0.1) is 11.3 Å². The SMILES string of the molecule is C=c1sc2c(-c3ccc(-c4cc(-c5ccc(-c6ccccc6)cc5)nc(-c5ccccc5)n4)cc3)nc3ccc(-c4cccc(-c5ccccc5)c4)cc3c2/c1=C/C=C\C. The molecule has 3 nitrogen and oxygen atoms in total. The van der Waals surface area contributed by atoms with Gasteiger partial charge >= 0.3 is 0 Å². The molecule has 0 atom stereocenters. The third-order valence-corrected chi connectivity index (χ3v) is 12.1. The maximum absolute atomic E-state index is 5.37. The highest BCUT2D eigenvalue weighted by atomic mass is 32.1. The second-order valence-corrected chi connectivity index (χ2v) is 15.9. The van der Waals surface area contributed by atoms with Crippen LogP contribution in [0.4, 0.5) is 0 Å². The highest BCUT2D eigenvalue weighted by Crippen LogP contribution is 2.37. The van der Waals surface area contributed by atoms with Crippen LogP contribution in [-0.2, 0) is 0 Å². The molecule has 0 aliphatic heterocycles. The van der Waals surface area contributed by atoms with Crippen LogP contribution in [0.15, 0.2) is 200 Å². The minimum Gasteiger partial charge on any atom is -0.246 e. The van der Waals surface area contributed by atoms with Gasteiger partial charge in [-0.2, -0.15) is 0 Å². The van der Waals surface area contributed by atoms with Gasteiger partial charge < -0.3 is 0 Å². The number of allylic oxidation sites excluding steroid dienone is 2. The normalized spacial score (nSPS) is 11.8. The van der Waals surface area contributed by atoms with E-state index in [4.69, 9.17) is 15.0 Å². The van der Waals surface area contributed by atoms with Crippen LogP contribution in [0.1, 0.15) is 6.92 Å². The molecule has 0 amide bonds. The lowest BCUT2D eigenvalue weighted by atomic mass is 9.96. The Bertz CT molecular complexity index is 3300. The number of rotatable bonds is 8. The summed E-state index contributed by atoms with van der Waals surface area (Å²) in [6.07, 6.45) is 6.35. The van der Waals surface area contributed by atoms with E-state index in [1.165, 1.54) is 33.2 Å². The summed E-state index contributed by atoms with van der Waals surface area (Å²) in [4.78, 5) is 15.6. The molecule has 10 aromatic rings. The zero-order chi connectivity index (χ0) is 40.4. The Kier molecular flexibility index (Phi) is 9.82. The van der Waals surface area contributed by atoms with Crippen LogP contribution in [0.25, 0.3) is 112 Å². The summed E-state index contributed by atoms with van der Waals surface area (Å²) in [6.45, 7) is 6.57. The Labute approximate surface area is 353 Å².